The van der Waals surface area contributed by atoms with Crippen molar-refractivity contribution in [3.8, 4) is 6.07 Å². The molecule has 0 bridgehead atoms. The molecule has 0 N–H and O–H groups in total. The van der Waals surface area contributed by atoms with Crippen LogP contribution in [0.5, 0.6) is 0 Å². The Kier molecular flexibility index (Phi) is 2.32. The van der Waals surface area contributed by atoms with Crippen molar-refractivity contribution < 1.29 is 0 Å². The summed E-state index contributed by atoms with van der Waals surface area (Å²) in [5.41, 5.74) is 0.376. The molecule has 0 saturated carbocycles. The van der Waals surface area contributed by atoms with Crippen molar-refractivity contribution in [3.63, 3.8) is 0 Å². The van der Waals surface area contributed by atoms with Gasteiger partial charge in [0.25, 0.3) is 0 Å². The average molecular weight is 188 g/mol. The van der Waals surface area contributed by atoms with Gasteiger partial charge >= 0.3 is 0 Å². The molecule has 1 aliphatic rings. The van der Waals surface area contributed by atoms with Crippen molar-refractivity contribution >= 4 is 5.82 Å². The topological polar surface area (TPSA) is 52.8 Å². The molecule has 0 radical (unpaired) electrons. The predicted molar refractivity (Wildman–Crippen MR) is 52.7 cm³/mol. The number of hydrogen-bond acceptors (Lipinski definition) is 4. The maximum atomic E-state index is 8.57. The van der Waals surface area contributed by atoms with Crippen molar-refractivity contribution in [2.75, 3.05) is 18.0 Å². The highest BCUT2D eigenvalue weighted by atomic mass is 15.3. The zero-order chi connectivity index (χ0) is 9.97. The molecule has 0 amide bonds. The normalized spacial score (nSPS) is 20.9. The molecule has 1 atom stereocenters. The second-order valence-electron chi connectivity index (χ2n) is 3.73. The standard InChI is InChI=1S/C10H12N4/c1-8-4-5-14(7-8)10-3-2-9(6-11)12-13-10/h2-3,8H,4-5,7H2,1H3. The van der Waals surface area contributed by atoms with E-state index in [1.807, 2.05) is 12.1 Å². The molecule has 1 aliphatic heterocycles. The molecule has 1 fully saturated rings. The van der Waals surface area contributed by atoms with Gasteiger partial charge in [-0.25, -0.2) is 0 Å². The van der Waals surface area contributed by atoms with Crippen LogP contribution in [0.3, 0.4) is 0 Å². The van der Waals surface area contributed by atoms with Gasteiger partial charge in [0, 0.05) is 13.1 Å². The summed E-state index contributed by atoms with van der Waals surface area (Å²) in [7, 11) is 0. The molecule has 4 heteroatoms. The Hall–Kier alpha value is -1.63. The van der Waals surface area contributed by atoms with Gasteiger partial charge in [-0.3, -0.25) is 0 Å². The average Bonchev–Trinajstić information content (AvgIpc) is 2.65. The first-order valence-corrected chi connectivity index (χ1v) is 4.78. The molecule has 14 heavy (non-hydrogen) atoms. The molecule has 1 unspecified atom stereocenters. The van der Waals surface area contributed by atoms with E-state index in [9.17, 15) is 0 Å². The number of nitrogens with zero attached hydrogens (tertiary/aromatic N) is 4. The monoisotopic (exact) mass is 188 g/mol. The van der Waals surface area contributed by atoms with Gasteiger partial charge in [0.1, 0.15) is 6.07 Å². The fourth-order valence-corrected chi connectivity index (χ4v) is 1.70. The lowest BCUT2D eigenvalue weighted by molar-refractivity contribution is 0.658. The van der Waals surface area contributed by atoms with Crippen molar-refractivity contribution in [2.45, 2.75) is 13.3 Å². The molecule has 2 heterocycles. The zero-order valence-electron chi connectivity index (χ0n) is 8.14. The van der Waals surface area contributed by atoms with Gasteiger partial charge in [0.15, 0.2) is 11.5 Å². The first-order valence-electron chi connectivity index (χ1n) is 4.78. The molecular formula is C10H12N4. The SMILES string of the molecule is CC1CCN(c2ccc(C#N)nn2)C1. The molecular weight excluding hydrogens is 176 g/mol. The van der Waals surface area contributed by atoms with Crippen LogP contribution in [0.4, 0.5) is 5.82 Å². The third kappa shape index (κ3) is 1.67. The molecule has 1 saturated heterocycles. The number of rotatable bonds is 1. The zero-order valence-corrected chi connectivity index (χ0v) is 8.14. The quantitative estimate of drug-likeness (QED) is 0.664. The van der Waals surface area contributed by atoms with Gasteiger partial charge in [0.05, 0.1) is 0 Å². The van der Waals surface area contributed by atoms with E-state index in [1.54, 1.807) is 6.07 Å². The van der Waals surface area contributed by atoms with Crippen molar-refractivity contribution in [1.82, 2.24) is 10.2 Å². The van der Waals surface area contributed by atoms with Crippen LogP contribution in [0.2, 0.25) is 0 Å². The molecule has 0 spiro atoms. The predicted octanol–water partition coefficient (Wildman–Crippen LogP) is 1.19. The lowest BCUT2D eigenvalue weighted by Crippen LogP contribution is -2.20. The van der Waals surface area contributed by atoms with Crippen LogP contribution in [-0.4, -0.2) is 23.3 Å². The van der Waals surface area contributed by atoms with Crippen LogP contribution in [0.1, 0.15) is 19.0 Å². The van der Waals surface area contributed by atoms with E-state index in [2.05, 4.69) is 22.0 Å². The van der Waals surface area contributed by atoms with Crippen LogP contribution in [0, 0.1) is 17.2 Å². The molecule has 4 nitrogen and oxygen atoms in total. The fraction of sp³-hybridized carbons (Fsp3) is 0.500. The van der Waals surface area contributed by atoms with Gasteiger partial charge < -0.3 is 4.90 Å². The third-order valence-electron chi connectivity index (χ3n) is 2.51. The Morgan fingerprint density at radius 3 is 2.86 bits per heavy atom. The second-order valence-corrected chi connectivity index (χ2v) is 3.73. The van der Waals surface area contributed by atoms with E-state index >= 15 is 0 Å². The highest BCUT2D eigenvalue weighted by Crippen LogP contribution is 2.20. The molecule has 1 aromatic rings. The van der Waals surface area contributed by atoms with Crippen molar-refractivity contribution in [1.29, 1.82) is 5.26 Å². The van der Waals surface area contributed by atoms with E-state index in [0.29, 0.717) is 5.69 Å². The second kappa shape index (κ2) is 3.62. The summed E-state index contributed by atoms with van der Waals surface area (Å²) < 4.78 is 0. The van der Waals surface area contributed by atoms with Crippen LogP contribution in [-0.2, 0) is 0 Å². The van der Waals surface area contributed by atoms with E-state index in [-0.39, 0.29) is 0 Å². The van der Waals surface area contributed by atoms with Crippen LogP contribution >= 0.6 is 0 Å². The molecule has 0 aromatic carbocycles. The summed E-state index contributed by atoms with van der Waals surface area (Å²) in [4.78, 5) is 2.21. The van der Waals surface area contributed by atoms with E-state index in [1.165, 1.54) is 6.42 Å². The molecule has 72 valence electrons. The minimum absolute atomic E-state index is 0.376. The van der Waals surface area contributed by atoms with E-state index in [4.69, 9.17) is 5.26 Å². The largest absolute Gasteiger partial charge is 0.355 e. The summed E-state index contributed by atoms with van der Waals surface area (Å²) in [5.74, 6) is 1.61. The summed E-state index contributed by atoms with van der Waals surface area (Å²) in [5, 5.41) is 16.4. The lowest BCUT2D eigenvalue weighted by atomic mass is 10.2. The van der Waals surface area contributed by atoms with Gasteiger partial charge in [0.2, 0.25) is 0 Å². The van der Waals surface area contributed by atoms with Gasteiger partial charge in [-0.15, -0.1) is 10.2 Å². The van der Waals surface area contributed by atoms with Crippen molar-refractivity contribution in [2.24, 2.45) is 5.92 Å². The van der Waals surface area contributed by atoms with E-state index in [0.717, 1.165) is 24.8 Å². The first kappa shape index (κ1) is 8.95. The Morgan fingerprint density at radius 1 is 1.50 bits per heavy atom. The maximum absolute atomic E-state index is 8.57. The maximum Gasteiger partial charge on any atom is 0.163 e. The summed E-state index contributed by atoms with van der Waals surface area (Å²) in [6.07, 6.45) is 1.21. The van der Waals surface area contributed by atoms with Crippen molar-refractivity contribution in [3.05, 3.63) is 17.8 Å². The molecule has 0 aliphatic carbocycles. The third-order valence-corrected chi connectivity index (χ3v) is 2.51. The lowest BCUT2D eigenvalue weighted by Gasteiger charge is -2.15. The number of anilines is 1. The van der Waals surface area contributed by atoms with Crippen LogP contribution in [0.15, 0.2) is 12.1 Å². The Labute approximate surface area is 83.2 Å². The number of aromatic nitrogens is 2. The number of hydrogen-bond donors (Lipinski definition) is 0. The van der Waals surface area contributed by atoms with Gasteiger partial charge in [-0.1, -0.05) is 6.92 Å². The van der Waals surface area contributed by atoms with Crippen LogP contribution < -0.4 is 4.90 Å². The minimum Gasteiger partial charge on any atom is -0.355 e. The van der Waals surface area contributed by atoms with Crippen LogP contribution in [0.25, 0.3) is 0 Å². The highest BCUT2D eigenvalue weighted by Gasteiger charge is 2.19. The summed E-state index contributed by atoms with van der Waals surface area (Å²) in [6.45, 7) is 4.32. The molecule has 1 aromatic heterocycles. The fourth-order valence-electron chi connectivity index (χ4n) is 1.70. The first-order chi connectivity index (χ1) is 6.79. The summed E-state index contributed by atoms with van der Waals surface area (Å²) >= 11 is 0. The minimum atomic E-state index is 0.376. The number of nitriles is 1. The molecule has 2 rings (SSSR count). The summed E-state index contributed by atoms with van der Waals surface area (Å²) in [6, 6.07) is 5.54. The Balaban J connectivity index is 2.14. The van der Waals surface area contributed by atoms with Gasteiger partial charge in [-0.05, 0) is 24.5 Å². The smallest absolute Gasteiger partial charge is 0.163 e. The van der Waals surface area contributed by atoms with Gasteiger partial charge in [-0.2, -0.15) is 5.26 Å². The van der Waals surface area contributed by atoms with E-state index < -0.39 is 0 Å². The Morgan fingerprint density at radius 2 is 2.36 bits per heavy atom. The Bertz CT molecular complexity index is 351. The highest BCUT2D eigenvalue weighted by molar-refractivity contribution is 5.39.